The van der Waals surface area contributed by atoms with E-state index in [0.717, 1.165) is 6.07 Å². The summed E-state index contributed by atoms with van der Waals surface area (Å²) >= 11 is 11.7. The minimum Gasteiger partial charge on any atom is -0.381 e. The van der Waals surface area contributed by atoms with Gasteiger partial charge in [-0.25, -0.2) is 8.78 Å². The van der Waals surface area contributed by atoms with E-state index in [4.69, 9.17) is 23.2 Å². The van der Waals surface area contributed by atoms with E-state index in [2.05, 4.69) is 0 Å². The lowest BCUT2D eigenvalue weighted by molar-refractivity contribution is 0.102. The molecule has 20 heavy (non-hydrogen) atoms. The van der Waals surface area contributed by atoms with E-state index in [1.807, 2.05) is 0 Å². The lowest BCUT2D eigenvalue weighted by Gasteiger charge is -2.26. The van der Waals surface area contributed by atoms with Gasteiger partial charge in [0.25, 0.3) is 0 Å². The first kappa shape index (κ1) is 15.2. The second kappa shape index (κ2) is 5.32. The van der Waals surface area contributed by atoms with E-state index >= 15 is 0 Å². The second-order valence-corrected chi connectivity index (χ2v) is 5.60. The topological polar surface area (TPSA) is 20.2 Å². The molecule has 2 rings (SSSR count). The Hall–Kier alpha value is -1.16. The Kier molecular flexibility index (Phi) is 4.05. The molecule has 0 amide bonds. The molecule has 106 valence electrons. The standard InChI is InChI=1S/C15H12Cl2F2O/c1-8-5-9(3-4-13(8)18)15(2,20)10-6-14(19)12(17)7-11(10)16/h3-7,20H,1-2H3. The van der Waals surface area contributed by atoms with Crippen LogP contribution < -0.4 is 0 Å². The second-order valence-electron chi connectivity index (χ2n) is 4.78. The minimum absolute atomic E-state index is 0.121. The molecule has 0 heterocycles. The van der Waals surface area contributed by atoms with Crippen LogP contribution in [-0.4, -0.2) is 5.11 Å². The van der Waals surface area contributed by atoms with E-state index < -0.39 is 11.4 Å². The molecule has 2 aromatic carbocycles. The molecule has 5 heteroatoms. The Bertz CT molecular complexity index is 669. The summed E-state index contributed by atoms with van der Waals surface area (Å²) in [6, 6.07) is 6.50. The van der Waals surface area contributed by atoms with Crippen molar-refractivity contribution in [2.24, 2.45) is 0 Å². The van der Waals surface area contributed by atoms with Gasteiger partial charge in [0.1, 0.15) is 17.2 Å². The predicted octanol–water partition coefficient (Wildman–Crippen LogP) is 4.84. The molecule has 1 N–H and O–H groups in total. The average molecular weight is 317 g/mol. The van der Waals surface area contributed by atoms with Gasteiger partial charge in [-0.1, -0.05) is 29.3 Å². The summed E-state index contributed by atoms with van der Waals surface area (Å²) in [5, 5.41) is 10.7. The molecule has 2 aromatic rings. The number of halogens is 4. The third kappa shape index (κ3) is 2.66. The molecule has 0 radical (unpaired) electrons. The van der Waals surface area contributed by atoms with Crippen LogP contribution in [0.15, 0.2) is 30.3 Å². The van der Waals surface area contributed by atoms with Gasteiger partial charge in [0, 0.05) is 10.6 Å². The van der Waals surface area contributed by atoms with Crippen molar-refractivity contribution >= 4 is 23.2 Å². The zero-order chi connectivity index (χ0) is 15.1. The van der Waals surface area contributed by atoms with E-state index in [9.17, 15) is 13.9 Å². The van der Waals surface area contributed by atoms with Crippen molar-refractivity contribution in [3.05, 3.63) is 68.7 Å². The lowest BCUT2D eigenvalue weighted by Crippen LogP contribution is -2.24. The van der Waals surface area contributed by atoms with Crippen molar-refractivity contribution in [3.63, 3.8) is 0 Å². The summed E-state index contributed by atoms with van der Waals surface area (Å²) in [7, 11) is 0. The number of hydrogen-bond donors (Lipinski definition) is 1. The SMILES string of the molecule is Cc1cc(C(C)(O)c2cc(F)c(Cl)cc2Cl)ccc1F. The molecule has 0 aliphatic carbocycles. The molecule has 1 unspecified atom stereocenters. The molecule has 0 aliphatic heterocycles. The third-order valence-corrected chi connectivity index (χ3v) is 3.86. The fourth-order valence-electron chi connectivity index (χ4n) is 2.00. The van der Waals surface area contributed by atoms with Gasteiger partial charge in [0.2, 0.25) is 0 Å². The minimum atomic E-state index is -1.55. The summed E-state index contributed by atoms with van der Waals surface area (Å²) in [6.45, 7) is 3.05. The van der Waals surface area contributed by atoms with Crippen molar-refractivity contribution in [2.75, 3.05) is 0 Å². The highest BCUT2D eigenvalue weighted by Gasteiger charge is 2.29. The first-order chi connectivity index (χ1) is 9.23. The number of hydrogen-bond acceptors (Lipinski definition) is 1. The zero-order valence-electron chi connectivity index (χ0n) is 10.8. The molecule has 1 nitrogen and oxygen atoms in total. The zero-order valence-corrected chi connectivity index (χ0v) is 12.4. The Morgan fingerprint density at radius 1 is 1.00 bits per heavy atom. The Balaban J connectivity index is 2.59. The van der Waals surface area contributed by atoms with Gasteiger partial charge in [0.05, 0.1) is 5.02 Å². The molecule has 0 fully saturated rings. The molecular weight excluding hydrogens is 305 g/mol. The highest BCUT2D eigenvalue weighted by molar-refractivity contribution is 6.35. The molecule has 0 spiro atoms. The fourth-order valence-corrected chi connectivity index (χ4v) is 2.57. The van der Waals surface area contributed by atoms with Gasteiger partial charge in [0.15, 0.2) is 0 Å². The first-order valence-corrected chi connectivity index (χ1v) is 6.63. The lowest BCUT2D eigenvalue weighted by atomic mass is 9.87. The van der Waals surface area contributed by atoms with Crippen LogP contribution in [0.25, 0.3) is 0 Å². The first-order valence-electron chi connectivity index (χ1n) is 5.87. The van der Waals surface area contributed by atoms with Crippen LogP contribution in [0.1, 0.15) is 23.6 Å². The fraction of sp³-hybridized carbons (Fsp3) is 0.200. The Morgan fingerprint density at radius 2 is 1.65 bits per heavy atom. The highest BCUT2D eigenvalue weighted by atomic mass is 35.5. The van der Waals surface area contributed by atoms with Crippen molar-refractivity contribution in [3.8, 4) is 0 Å². The molecule has 0 aliphatic rings. The number of aliphatic hydroxyl groups is 1. The monoisotopic (exact) mass is 316 g/mol. The predicted molar refractivity (Wildman–Crippen MR) is 76.2 cm³/mol. The van der Waals surface area contributed by atoms with Gasteiger partial charge >= 0.3 is 0 Å². The molecule has 0 bridgehead atoms. The summed E-state index contributed by atoms with van der Waals surface area (Å²) < 4.78 is 26.9. The highest BCUT2D eigenvalue weighted by Crippen LogP contribution is 2.36. The molecular formula is C15H12Cl2F2O. The maximum atomic E-state index is 13.6. The van der Waals surface area contributed by atoms with Gasteiger partial charge in [-0.05, 0) is 49.2 Å². The number of benzene rings is 2. The Morgan fingerprint density at radius 3 is 2.25 bits per heavy atom. The van der Waals surface area contributed by atoms with Crippen LogP contribution in [0.2, 0.25) is 10.0 Å². The summed E-state index contributed by atoms with van der Waals surface area (Å²) in [5.41, 5.74) is -0.582. The van der Waals surface area contributed by atoms with Crippen molar-refractivity contribution in [1.82, 2.24) is 0 Å². The van der Waals surface area contributed by atoms with E-state index in [-0.39, 0.29) is 21.4 Å². The largest absolute Gasteiger partial charge is 0.381 e. The van der Waals surface area contributed by atoms with Crippen LogP contribution in [0, 0.1) is 18.6 Å². The van der Waals surface area contributed by atoms with Crippen LogP contribution in [0.3, 0.4) is 0 Å². The maximum Gasteiger partial charge on any atom is 0.142 e. The van der Waals surface area contributed by atoms with Crippen molar-refractivity contribution in [1.29, 1.82) is 0 Å². The quantitative estimate of drug-likeness (QED) is 0.786. The van der Waals surface area contributed by atoms with E-state index in [1.165, 1.54) is 31.2 Å². The number of aryl methyl sites for hydroxylation is 1. The van der Waals surface area contributed by atoms with Crippen LogP contribution in [-0.2, 0) is 5.60 Å². The number of rotatable bonds is 2. The molecule has 0 aromatic heterocycles. The molecule has 1 atom stereocenters. The third-order valence-electron chi connectivity index (χ3n) is 3.25. The van der Waals surface area contributed by atoms with Gasteiger partial charge < -0.3 is 5.11 Å². The van der Waals surface area contributed by atoms with Gasteiger partial charge in [-0.15, -0.1) is 0 Å². The van der Waals surface area contributed by atoms with Crippen LogP contribution in [0.5, 0.6) is 0 Å². The molecule has 0 saturated carbocycles. The summed E-state index contributed by atoms with van der Waals surface area (Å²) in [5.74, 6) is -1.05. The van der Waals surface area contributed by atoms with E-state index in [0.29, 0.717) is 11.1 Å². The summed E-state index contributed by atoms with van der Waals surface area (Å²) in [4.78, 5) is 0. The van der Waals surface area contributed by atoms with Gasteiger partial charge in [-0.2, -0.15) is 0 Å². The summed E-state index contributed by atoms with van der Waals surface area (Å²) in [6.07, 6.45) is 0. The van der Waals surface area contributed by atoms with E-state index in [1.54, 1.807) is 6.92 Å². The Labute approximate surface area is 125 Å². The van der Waals surface area contributed by atoms with Crippen molar-refractivity contribution in [2.45, 2.75) is 19.4 Å². The van der Waals surface area contributed by atoms with Crippen molar-refractivity contribution < 1.29 is 13.9 Å². The maximum absolute atomic E-state index is 13.6. The average Bonchev–Trinajstić information content (AvgIpc) is 2.36. The van der Waals surface area contributed by atoms with Gasteiger partial charge in [-0.3, -0.25) is 0 Å². The van der Waals surface area contributed by atoms with Crippen LogP contribution in [0.4, 0.5) is 8.78 Å². The molecule has 0 saturated heterocycles. The normalized spacial score (nSPS) is 14.2. The van der Waals surface area contributed by atoms with Crippen LogP contribution >= 0.6 is 23.2 Å². The smallest absolute Gasteiger partial charge is 0.142 e.